The number of aliphatic carboxylic acids is 1. The fraction of sp³-hybridized carbons (Fsp3) is 0.264. The van der Waals surface area contributed by atoms with Crippen molar-refractivity contribution in [2.75, 3.05) is 67.0 Å². The smallest absolute Gasteiger partial charge is 0.306 e. The second-order valence-corrected chi connectivity index (χ2v) is 15.8. The molecule has 3 heterocycles. The van der Waals surface area contributed by atoms with Gasteiger partial charge in [-0.25, -0.2) is 9.97 Å². The largest absolute Gasteiger partial charge is 0.497 e. The lowest BCUT2D eigenvalue weighted by atomic mass is 9.80. The zero-order valence-corrected chi connectivity index (χ0v) is 38.2. The van der Waals surface area contributed by atoms with Crippen molar-refractivity contribution in [1.29, 1.82) is 0 Å². The van der Waals surface area contributed by atoms with E-state index >= 15 is 0 Å². The molecule has 0 saturated heterocycles. The van der Waals surface area contributed by atoms with Crippen molar-refractivity contribution in [3.05, 3.63) is 156 Å². The predicted octanol–water partition coefficient (Wildman–Crippen LogP) is 7.46. The fourth-order valence-corrected chi connectivity index (χ4v) is 8.00. The van der Waals surface area contributed by atoms with E-state index in [-0.39, 0.29) is 71.5 Å². The second-order valence-electron chi connectivity index (χ2n) is 15.8. The first-order valence-corrected chi connectivity index (χ1v) is 22.4. The maximum absolute atomic E-state index is 13.1. The number of benzene rings is 5. The van der Waals surface area contributed by atoms with Crippen molar-refractivity contribution < 1.29 is 52.6 Å². The number of rotatable bonds is 24. The van der Waals surface area contributed by atoms with E-state index in [1.165, 1.54) is 0 Å². The molecule has 354 valence electrons. The lowest BCUT2D eigenvalue weighted by Gasteiger charge is -2.37. The molecule has 0 bridgehead atoms. The Labute approximate surface area is 397 Å². The molecule has 0 aliphatic carbocycles. The number of hydrogen-bond acceptors (Lipinski definition) is 14. The average Bonchev–Trinajstić information content (AvgIpc) is 3.39. The van der Waals surface area contributed by atoms with Gasteiger partial charge in [0.1, 0.15) is 23.2 Å². The normalized spacial score (nSPS) is 12.0. The van der Waals surface area contributed by atoms with Crippen molar-refractivity contribution in [2.45, 2.75) is 24.5 Å². The number of carboxylic acids is 1. The van der Waals surface area contributed by atoms with Crippen LogP contribution in [0, 0.1) is 0 Å². The topological polar surface area (TPSA) is 200 Å². The molecule has 5 aromatic carbocycles. The minimum absolute atomic E-state index is 0.0574. The van der Waals surface area contributed by atoms with E-state index in [1.807, 2.05) is 103 Å². The van der Waals surface area contributed by atoms with Crippen molar-refractivity contribution in [3.63, 3.8) is 0 Å². The van der Waals surface area contributed by atoms with Gasteiger partial charge in [0.05, 0.1) is 106 Å². The Morgan fingerprint density at radius 3 is 1.75 bits per heavy atom. The number of aromatic nitrogens is 4. The molecule has 69 heavy (non-hydrogen) atoms. The number of fused-ring (bicyclic) bond motifs is 7. The Bertz CT molecular complexity index is 2980. The number of esters is 1. The van der Waals surface area contributed by atoms with Crippen molar-refractivity contribution in [1.82, 2.24) is 25.3 Å². The highest BCUT2D eigenvalue weighted by Crippen LogP contribution is 2.42. The third kappa shape index (κ3) is 11.4. The van der Waals surface area contributed by atoms with Gasteiger partial charge in [-0.05, 0) is 83.4 Å². The van der Waals surface area contributed by atoms with Crippen LogP contribution in [0.25, 0.3) is 43.9 Å². The Morgan fingerprint density at radius 2 is 1.16 bits per heavy atom. The summed E-state index contributed by atoms with van der Waals surface area (Å²) in [6.45, 7) is 1.28. The summed E-state index contributed by atoms with van der Waals surface area (Å²) in [6, 6.07) is 37.6. The first-order valence-electron chi connectivity index (χ1n) is 22.4. The summed E-state index contributed by atoms with van der Waals surface area (Å²) >= 11 is 0. The van der Waals surface area contributed by atoms with Crippen molar-refractivity contribution in [3.8, 4) is 11.5 Å². The van der Waals surface area contributed by atoms with Crippen LogP contribution in [-0.2, 0) is 38.9 Å². The summed E-state index contributed by atoms with van der Waals surface area (Å²) in [7, 11) is 3.19. The highest BCUT2D eigenvalue weighted by atomic mass is 16.6. The van der Waals surface area contributed by atoms with Crippen LogP contribution >= 0.6 is 0 Å². The van der Waals surface area contributed by atoms with E-state index < -0.39 is 23.6 Å². The molecule has 0 radical (unpaired) electrons. The van der Waals surface area contributed by atoms with Crippen LogP contribution in [0.15, 0.2) is 134 Å². The summed E-state index contributed by atoms with van der Waals surface area (Å²) in [5.74, 6) is -0.758. The minimum atomic E-state index is -1.19. The van der Waals surface area contributed by atoms with E-state index in [0.717, 1.165) is 44.0 Å². The summed E-state index contributed by atoms with van der Waals surface area (Å²) < 4.78 is 41.0. The SMILES string of the molecule is COc1ccc(C(OCC(COCCOCCOCCNC(=O)c2ccc3nc4c5cccnc5c5ncccc5c4nc3c2)OC(=O)CCC(=O)O)(c2ccccc2)c2ccc(OC)cc2)cc1. The summed E-state index contributed by atoms with van der Waals surface area (Å²) in [4.78, 5) is 56.3. The average molecular weight is 934 g/mol. The van der Waals surface area contributed by atoms with Gasteiger partial charge in [0.15, 0.2) is 0 Å². The number of nitrogens with one attached hydrogen (secondary N) is 1. The molecule has 0 aliphatic heterocycles. The number of carboxylic acid groups (broad SMARTS) is 1. The number of ether oxygens (including phenoxy) is 7. The Kier molecular flexibility index (Phi) is 15.9. The molecule has 0 aliphatic rings. The lowest BCUT2D eigenvalue weighted by molar-refractivity contribution is -0.161. The first-order chi connectivity index (χ1) is 33.8. The van der Waals surface area contributed by atoms with Gasteiger partial charge in [-0.3, -0.25) is 24.4 Å². The predicted molar refractivity (Wildman–Crippen MR) is 257 cm³/mol. The van der Waals surface area contributed by atoms with Crippen LogP contribution in [-0.4, -0.2) is 116 Å². The molecule has 1 unspecified atom stereocenters. The maximum Gasteiger partial charge on any atom is 0.306 e. The van der Waals surface area contributed by atoms with Gasteiger partial charge in [-0.15, -0.1) is 0 Å². The highest BCUT2D eigenvalue weighted by molar-refractivity contribution is 6.21. The van der Waals surface area contributed by atoms with E-state index in [9.17, 15) is 19.5 Å². The number of methoxy groups -OCH3 is 2. The van der Waals surface area contributed by atoms with Gasteiger partial charge in [0, 0.05) is 35.3 Å². The minimum Gasteiger partial charge on any atom is -0.497 e. The summed E-state index contributed by atoms with van der Waals surface area (Å²) in [5.41, 5.74) is 5.77. The summed E-state index contributed by atoms with van der Waals surface area (Å²) in [5, 5.41) is 13.8. The van der Waals surface area contributed by atoms with Crippen LogP contribution < -0.4 is 14.8 Å². The standard InChI is InChI=1S/C53H51N5O11/c1-63-39-17-13-37(14-18-39)53(36-8-4-3-5-9-36,38-15-19-40(64-2)20-16-38)68-34-41(69-47(61)23-22-46(59)60)33-67-31-30-66-29-28-65-27-26-56-52(62)35-12-21-44-45(32-35)58-51-43-11-7-25-55-49(43)48-42(50(51)57-44)10-6-24-54-48/h3-21,24-25,32,41H,22-23,26-31,33-34H2,1-2H3,(H,56,62)(H,59,60). The first kappa shape index (κ1) is 47.8. The number of carbonyl (C=O) groups is 3. The third-order valence-corrected chi connectivity index (χ3v) is 11.4. The lowest BCUT2D eigenvalue weighted by Crippen LogP contribution is -2.38. The fourth-order valence-electron chi connectivity index (χ4n) is 8.00. The molecular formula is C53H51N5O11. The molecule has 2 N–H and O–H groups in total. The zero-order valence-electron chi connectivity index (χ0n) is 38.2. The number of amides is 1. The van der Waals surface area contributed by atoms with Crippen molar-refractivity contribution in [2.24, 2.45) is 0 Å². The third-order valence-electron chi connectivity index (χ3n) is 11.4. The molecule has 16 nitrogen and oxygen atoms in total. The molecule has 3 aromatic heterocycles. The number of nitrogens with zero attached hydrogens (tertiary/aromatic N) is 4. The molecule has 16 heteroatoms. The molecule has 0 fully saturated rings. The Morgan fingerprint density at radius 1 is 0.594 bits per heavy atom. The number of pyridine rings is 2. The van der Waals surface area contributed by atoms with Gasteiger partial charge in [0.25, 0.3) is 5.91 Å². The van der Waals surface area contributed by atoms with Gasteiger partial charge < -0.3 is 43.6 Å². The Hall–Kier alpha value is -7.63. The quantitative estimate of drug-likeness (QED) is 0.0199. The van der Waals surface area contributed by atoms with Crippen LogP contribution in [0.3, 0.4) is 0 Å². The monoisotopic (exact) mass is 933 g/mol. The van der Waals surface area contributed by atoms with E-state index in [4.69, 9.17) is 43.1 Å². The maximum atomic E-state index is 13.1. The van der Waals surface area contributed by atoms with Gasteiger partial charge in [-0.2, -0.15) is 0 Å². The van der Waals surface area contributed by atoms with Gasteiger partial charge in [-0.1, -0.05) is 54.6 Å². The molecule has 0 spiro atoms. The van der Waals surface area contributed by atoms with Crippen molar-refractivity contribution >= 4 is 61.7 Å². The van der Waals surface area contributed by atoms with Crippen LogP contribution in [0.1, 0.15) is 39.9 Å². The number of hydrogen-bond donors (Lipinski definition) is 2. The van der Waals surface area contributed by atoms with Crippen LogP contribution in [0.2, 0.25) is 0 Å². The molecule has 8 rings (SSSR count). The van der Waals surface area contributed by atoms with Crippen LogP contribution in [0.5, 0.6) is 11.5 Å². The van der Waals surface area contributed by atoms with E-state index in [2.05, 4.69) is 15.3 Å². The zero-order chi connectivity index (χ0) is 48.0. The molecule has 8 aromatic rings. The van der Waals surface area contributed by atoms with E-state index in [0.29, 0.717) is 33.6 Å². The highest BCUT2D eigenvalue weighted by Gasteiger charge is 2.39. The molecule has 1 atom stereocenters. The number of carbonyl (C=O) groups excluding carboxylic acids is 2. The van der Waals surface area contributed by atoms with Crippen LogP contribution in [0.4, 0.5) is 0 Å². The van der Waals surface area contributed by atoms with E-state index in [1.54, 1.807) is 44.8 Å². The summed E-state index contributed by atoms with van der Waals surface area (Å²) in [6.07, 6.45) is 1.85. The molecule has 1 amide bonds. The Balaban J connectivity index is 0.828. The second kappa shape index (κ2) is 22.9. The van der Waals surface area contributed by atoms with Gasteiger partial charge >= 0.3 is 11.9 Å². The van der Waals surface area contributed by atoms with Gasteiger partial charge in [0.2, 0.25) is 0 Å². The molecular weight excluding hydrogens is 883 g/mol. The molecule has 0 saturated carbocycles.